The number of nitrogens with zero attached hydrogens (tertiary/aromatic N) is 3. The molecule has 0 aliphatic heterocycles. The van der Waals surface area contributed by atoms with Crippen LogP contribution in [0.4, 0.5) is 0 Å². The summed E-state index contributed by atoms with van der Waals surface area (Å²) in [4.78, 5) is 3.96. The normalized spacial score (nSPS) is 12.8. The van der Waals surface area contributed by atoms with E-state index >= 15 is 0 Å². The molecule has 12 heteroatoms. The van der Waals surface area contributed by atoms with Crippen LogP contribution in [0.3, 0.4) is 0 Å². The van der Waals surface area contributed by atoms with Crippen molar-refractivity contribution in [2.75, 3.05) is 18.8 Å². The van der Waals surface area contributed by atoms with E-state index < -0.39 is 20.0 Å². The summed E-state index contributed by atoms with van der Waals surface area (Å²) in [6.45, 7) is 3.47. The second-order valence-electron chi connectivity index (χ2n) is 5.01. The number of nitrogens with one attached hydrogen (secondary N) is 2. The van der Waals surface area contributed by atoms with Gasteiger partial charge in [0.1, 0.15) is 9.92 Å². The van der Waals surface area contributed by atoms with Gasteiger partial charge < -0.3 is 0 Å². The van der Waals surface area contributed by atoms with Gasteiger partial charge >= 0.3 is 0 Å². The third-order valence-corrected chi connectivity index (χ3v) is 6.47. The lowest BCUT2D eigenvalue weighted by molar-refractivity contribution is 0.572. The van der Waals surface area contributed by atoms with E-state index in [4.69, 9.17) is 11.6 Å². The molecule has 0 aliphatic carbocycles. The van der Waals surface area contributed by atoms with Crippen molar-refractivity contribution < 1.29 is 16.8 Å². The summed E-state index contributed by atoms with van der Waals surface area (Å²) in [5.74, 6) is -0.0176. The van der Waals surface area contributed by atoms with E-state index in [2.05, 4.69) is 19.5 Å². The number of hydrogen-bond donors (Lipinski definition) is 2. The Morgan fingerprint density at radius 2 is 1.88 bits per heavy atom. The van der Waals surface area contributed by atoms with Crippen molar-refractivity contribution in [3.8, 4) is 0 Å². The first-order chi connectivity index (χ1) is 11.2. The molecule has 0 unspecified atom stereocenters. The molecule has 0 atom stereocenters. The fourth-order valence-corrected chi connectivity index (χ4v) is 3.69. The van der Waals surface area contributed by atoms with Crippen molar-refractivity contribution in [3.05, 3.63) is 23.1 Å². The maximum atomic E-state index is 12.2. The Hall–Kier alpha value is -1.27. The zero-order chi connectivity index (χ0) is 18.0. The SMILES string of the molecule is CCS(=O)(=O)NCCCNS(=O)(=O)c1cnc2c(Cl)c(C)nn2c1. The monoisotopic (exact) mass is 395 g/mol. The van der Waals surface area contributed by atoms with Crippen molar-refractivity contribution in [2.45, 2.75) is 25.2 Å². The number of rotatable bonds is 8. The number of sulfonamides is 2. The largest absolute Gasteiger partial charge is 0.243 e. The summed E-state index contributed by atoms with van der Waals surface area (Å²) in [7, 11) is -7.05. The van der Waals surface area contributed by atoms with Crippen LogP contribution in [-0.4, -0.2) is 50.3 Å². The van der Waals surface area contributed by atoms with Crippen LogP contribution in [-0.2, 0) is 20.0 Å². The molecule has 0 radical (unpaired) electrons. The third kappa shape index (κ3) is 4.42. The van der Waals surface area contributed by atoms with Gasteiger partial charge in [0.2, 0.25) is 20.0 Å². The highest BCUT2D eigenvalue weighted by Crippen LogP contribution is 2.20. The van der Waals surface area contributed by atoms with Gasteiger partial charge in [-0.2, -0.15) is 5.10 Å². The minimum atomic E-state index is -3.77. The number of halogens is 1. The van der Waals surface area contributed by atoms with Gasteiger partial charge in [-0.1, -0.05) is 11.6 Å². The van der Waals surface area contributed by atoms with E-state index in [0.29, 0.717) is 22.8 Å². The molecule has 2 aromatic heterocycles. The third-order valence-electron chi connectivity index (χ3n) is 3.21. The maximum absolute atomic E-state index is 12.2. The van der Waals surface area contributed by atoms with Crippen molar-refractivity contribution >= 4 is 37.3 Å². The van der Waals surface area contributed by atoms with Crippen LogP contribution < -0.4 is 9.44 Å². The molecule has 0 bridgehead atoms. The van der Waals surface area contributed by atoms with Crippen LogP contribution in [0, 0.1) is 6.92 Å². The Morgan fingerprint density at radius 1 is 1.21 bits per heavy atom. The quantitative estimate of drug-likeness (QED) is 0.620. The number of aromatic nitrogens is 3. The fourth-order valence-electron chi connectivity index (χ4n) is 1.85. The smallest absolute Gasteiger partial charge is 0.234 e. The molecule has 134 valence electrons. The molecule has 2 rings (SSSR count). The zero-order valence-electron chi connectivity index (χ0n) is 13.2. The fraction of sp³-hybridized carbons (Fsp3) is 0.500. The lowest BCUT2D eigenvalue weighted by atomic mass is 10.4. The highest BCUT2D eigenvalue weighted by Gasteiger charge is 2.17. The van der Waals surface area contributed by atoms with Gasteiger partial charge in [0.25, 0.3) is 0 Å². The molecule has 9 nitrogen and oxygen atoms in total. The first-order valence-corrected chi connectivity index (χ1v) is 10.6. The lowest BCUT2D eigenvalue weighted by Gasteiger charge is -2.07. The average molecular weight is 396 g/mol. The second-order valence-corrected chi connectivity index (χ2v) is 9.25. The van der Waals surface area contributed by atoms with Crippen molar-refractivity contribution in [1.29, 1.82) is 0 Å². The van der Waals surface area contributed by atoms with Crippen molar-refractivity contribution in [3.63, 3.8) is 0 Å². The Balaban J connectivity index is 2.00. The summed E-state index contributed by atoms with van der Waals surface area (Å²) in [6, 6.07) is 0. The minimum Gasteiger partial charge on any atom is -0.234 e. The number of aryl methyl sites for hydroxylation is 1. The van der Waals surface area contributed by atoms with Gasteiger partial charge in [-0.15, -0.1) is 0 Å². The van der Waals surface area contributed by atoms with E-state index in [1.165, 1.54) is 23.8 Å². The van der Waals surface area contributed by atoms with Crippen LogP contribution in [0.5, 0.6) is 0 Å². The van der Waals surface area contributed by atoms with Gasteiger partial charge in [0, 0.05) is 13.1 Å². The molecule has 2 aromatic rings. The van der Waals surface area contributed by atoms with Crippen LogP contribution in [0.25, 0.3) is 5.65 Å². The van der Waals surface area contributed by atoms with E-state index in [1.54, 1.807) is 6.92 Å². The summed E-state index contributed by atoms with van der Waals surface area (Å²) in [5, 5.41) is 4.46. The van der Waals surface area contributed by atoms with E-state index in [9.17, 15) is 16.8 Å². The average Bonchev–Trinajstić information content (AvgIpc) is 2.81. The first-order valence-electron chi connectivity index (χ1n) is 7.14. The predicted octanol–water partition coefficient (Wildman–Crippen LogP) is 0.299. The van der Waals surface area contributed by atoms with E-state index in [1.807, 2.05) is 0 Å². The molecular formula is C12H18ClN5O4S2. The standard InChI is InChI=1S/C12H18ClN5O4S2/c1-3-23(19,20)15-5-4-6-16-24(21,22)10-7-14-12-11(13)9(2)17-18(12)8-10/h7-8,15-16H,3-6H2,1-2H3. The van der Waals surface area contributed by atoms with Crippen LogP contribution in [0.15, 0.2) is 17.3 Å². The Morgan fingerprint density at radius 3 is 2.54 bits per heavy atom. The molecule has 0 saturated heterocycles. The minimum absolute atomic E-state index is 0.0176. The highest BCUT2D eigenvalue weighted by atomic mass is 35.5. The molecule has 0 fully saturated rings. The molecule has 0 amide bonds. The van der Waals surface area contributed by atoms with Crippen LogP contribution in [0.2, 0.25) is 5.02 Å². The maximum Gasteiger partial charge on any atom is 0.243 e. The van der Waals surface area contributed by atoms with Crippen LogP contribution >= 0.6 is 11.6 Å². The van der Waals surface area contributed by atoms with Crippen molar-refractivity contribution in [1.82, 2.24) is 24.0 Å². The van der Waals surface area contributed by atoms with Gasteiger partial charge in [0.15, 0.2) is 5.65 Å². The predicted molar refractivity (Wildman–Crippen MR) is 90.0 cm³/mol. The summed E-state index contributed by atoms with van der Waals surface area (Å²) < 4.78 is 53.0. The highest BCUT2D eigenvalue weighted by molar-refractivity contribution is 7.89. The van der Waals surface area contributed by atoms with E-state index in [-0.39, 0.29) is 23.7 Å². The lowest BCUT2D eigenvalue weighted by Crippen LogP contribution is -2.30. The molecule has 0 spiro atoms. The molecule has 2 N–H and O–H groups in total. The van der Waals surface area contributed by atoms with Gasteiger partial charge in [-0.3, -0.25) is 0 Å². The summed E-state index contributed by atoms with van der Waals surface area (Å²) in [6.07, 6.45) is 2.84. The summed E-state index contributed by atoms with van der Waals surface area (Å²) in [5.41, 5.74) is 0.928. The molecule has 0 saturated carbocycles. The summed E-state index contributed by atoms with van der Waals surface area (Å²) >= 11 is 6.01. The molecule has 0 aromatic carbocycles. The molecule has 2 heterocycles. The topological polar surface area (TPSA) is 123 Å². The Labute approximate surface area is 145 Å². The molecule has 0 aliphatic rings. The molecular weight excluding hydrogens is 378 g/mol. The second kappa shape index (κ2) is 7.31. The van der Waals surface area contributed by atoms with Gasteiger partial charge in [-0.05, 0) is 20.3 Å². The zero-order valence-corrected chi connectivity index (χ0v) is 15.5. The van der Waals surface area contributed by atoms with Gasteiger partial charge in [-0.25, -0.2) is 35.8 Å². The molecule has 24 heavy (non-hydrogen) atoms. The van der Waals surface area contributed by atoms with Gasteiger partial charge in [0.05, 0.1) is 23.8 Å². The first kappa shape index (κ1) is 19.1. The van der Waals surface area contributed by atoms with Crippen molar-refractivity contribution in [2.24, 2.45) is 0 Å². The van der Waals surface area contributed by atoms with E-state index in [0.717, 1.165) is 0 Å². The number of hydrogen-bond acceptors (Lipinski definition) is 6. The Bertz CT molecular complexity index is 940. The van der Waals surface area contributed by atoms with Crippen LogP contribution in [0.1, 0.15) is 19.0 Å². The number of fused-ring (bicyclic) bond motifs is 1. The Kier molecular flexibility index (Phi) is 5.81.